The van der Waals surface area contributed by atoms with E-state index < -0.39 is 0 Å². The fraction of sp³-hybridized carbons (Fsp3) is 0.500. The van der Waals surface area contributed by atoms with Crippen LogP contribution in [0.2, 0.25) is 0 Å². The van der Waals surface area contributed by atoms with E-state index in [0.29, 0.717) is 11.9 Å². The van der Waals surface area contributed by atoms with E-state index in [9.17, 15) is 0 Å². The molecule has 0 saturated carbocycles. The van der Waals surface area contributed by atoms with Crippen LogP contribution in [-0.4, -0.2) is 47.6 Å². The number of likely N-dealkylation sites (N-methyl/N-ethyl adjacent to an activating group) is 1. The number of para-hydroxylation sites is 1. The Kier molecular flexibility index (Phi) is 5.53. The summed E-state index contributed by atoms with van der Waals surface area (Å²) in [7, 11) is 0. The van der Waals surface area contributed by atoms with Crippen molar-refractivity contribution in [3.63, 3.8) is 0 Å². The molecule has 3 rings (SSSR count). The Bertz CT molecular complexity index is 705. The van der Waals surface area contributed by atoms with Gasteiger partial charge in [-0.05, 0) is 31.0 Å². The Labute approximate surface area is 151 Å². The molecule has 5 heteroatoms. The molecule has 0 bridgehead atoms. The van der Waals surface area contributed by atoms with E-state index in [0.717, 1.165) is 49.9 Å². The van der Waals surface area contributed by atoms with Crippen molar-refractivity contribution in [2.75, 3.05) is 42.9 Å². The summed E-state index contributed by atoms with van der Waals surface area (Å²) in [5.41, 5.74) is 3.36. The molecule has 1 aromatic heterocycles. The van der Waals surface area contributed by atoms with Crippen LogP contribution in [0.3, 0.4) is 0 Å². The van der Waals surface area contributed by atoms with Crippen molar-refractivity contribution in [3.8, 4) is 0 Å². The molecule has 1 N–H and O–H groups in total. The van der Waals surface area contributed by atoms with E-state index in [-0.39, 0.29) is 0 Å². The molecule has 0 amide bonds. The Hall–Kier alpha value is -2.14. The summed E-state index contributed by atoms with van der Waals surface area (Å²) < 4.78 is 0. The molecule has 2 aromatic rings. The Morgan fingerprint density at radius 3 is 2.48 bits per heavy atom. The van der Waals surface area contributed by atoms with Crippen molar-refractivity contribution in [1.82, 2.24) is 14.9 Å². The number of anilines is 3. The quantitative estimate of drug-likeness (QED) is 0.898. The first-order valence-electron chi connectivity index (χ1n) is 9.25. The normalized spacial score (nSPS) is 15.6. The monoisotopic (exact) mass is 339 g/mol. The lowest BCUT2D eigenvalue weighted by molar-refractivity contribution is 0.270. The lowest BCUT2D eigenvalue weighted by atomic mass is 10.0. The van der Waals surface area contributed by atoms with Crippen LogP contribution in [-0.2, 0) is 0 Å². The Morgan fingerprint density at radius 2 is 1.80 bits per heavy atom. The number of aromatic nitrogens is 2. The highest BCUT2D eigenvalue weighted by molar-refractivity contribution is 5.60. The zero-order chi connectivity index (χ0) is 17.8. The van der Waals surface area contributed by atoms with Gasteiger partial charge in [0, 0.05) is 43.6 Å². The molecule has 1 fully saturated rings. The van der Waals surface area contributed by atoms with Crippen molar-refractivity contribution in [1.29, 1.82) is 0 Å². The highest BCUT2D eigenvalue weighted by Gasteiger charge is 2.18. The van der Waals surface area contributed by atoms with Gasteiger partial charge in [0.1, 0.15) is 5.82 Å². The average molecular weight is 339 g/mol. The minimum atomic E-state index is 0.454. The van der Waals surface area contributed by atoms with Crippen LogP contribution in [0, 0.1) is 6.92 Å². The summed E-state index contributed by atoms with van der Waals surface area (Å²) in [5.74, 6) is 2.16. The highest BCUT2D eigenvalue weighted by atomic mass is 15.3. The Balaban J connectivity index is 1.81. The van der Waals surface area contributed by atoms with E-state index in [1.165, 1.54) is 5.56 Å². The van der Waals surface area contributed by atoms with Gasteiger partial charge >= 0.3 is 0 Å². The maximum Gasteiger partial charge on any atom is 0.229 e. The molecular weight excluding hydrogens is 310 g/mol. The van der Waals surface area contributed by atoms with Gasteiger partial charge in [0.05, 0.1) is 0 Å². The van der Waals surface area contributed by atoms with Crippen molar-refractivity contribution in [2.24, 2.45) is 0 Å². The van der Waals surface area contributed by atoms with Crippen molar-refractivity contribution in [3.05, 3.63) is 41.6 Å². The van der Waals surface area contributed by atoms with Crippen molar-refractivity contribution in [2.45, 2.75) is 33.6 Å². The van der Waals surface area contributed by atoms with Crippen LogP contribution in [0.4, 0.5) is 17.5 Å². The van der Waals surface area contributed by atoms with Gasteiger partial charge in [-0.3, -0.25) is 0 Å². The molecule has 25 heavy (non-hydrogen) atoms. The molecule has 5 nitrogen and oxygen atoms in total. The third kappa shape index (κ3) is 4.28. The number of aryl methyl sites for hydroxylation is 1. The summed E-state index contributed by atoms with van der Waals surface area (Å²) in [5, 5.41) is 3.43. The van der Waals surface area contributed by atoms with Gasteiger partial charge in [0.15, 0.2) is 0 Å². The van der Waals surface area contributed by atoms with Gasteiger partial charge in [-0.2, -0.15) is 4.98 Å². The van der Waals surface area contributed by atoms with E-state index >= 15 is 0 Å². The summed E-state index contributed by atoms with van der Waals surface area (Å²) in [6, 6.07) is 10.5. The molecule has 1 aliphatic heterocycles. The number of nitrogens with zero attached hydrogens (tertiary/aromatic N) is 4. The van der Waals surface area contributed by atoms with Crippen LogP contribution in [0.15, 0.2) is 30.3 Å². The summed E-state index contributed by atoms with van der Waals surface area (Å²) in [4.78, 5) is 14.2. The van der Waals surface area contributed by atoms with E-state index in [2.05, 4.69) is 71.2 Å². The van der Waals surface area contributed by atoms with E-state index in [4.69, 9.17) is 4.98 Å². The number of hydrogen-bond donors (Lipinski definition) is 1. The van der Waals surface area contributed by atoms with Crippen LogP contribution in [0.1, 0.15) is 37.9 Å². The van der Waals surface area contributed by atoms with Crippen LogP contribution in [0.25, 0.3) is 0 Å². The second-order valence-electron chi connectivity index (χ2n) is 6.98. The first-order valence-corrected chi connectivity index (χ1v) is 9.25. The van der Waals surface area contributed by atoms with Gasteiger partial charge in [-0.15, -0.1) is 0 Å². The minimum absolute atomic E-state index is 0.454. The van der Waals surface area contributed by atoms with E-state index in [1.807, 2.05) is 6.92 Å². The molecule has 0 unspecified atom stereocenters. The average Bonchev–Trinajstić information content (AvgIpc) is 2.61. The van der Waals surface area contributed by atoms with Crippen LogP contribution >= 0.6 is 0 Å². The first kappa shape index (κ1) is 17.7. The predicted molar refractivity (Wildman–Crippen MR) is 105 cm³/mol. The number of nitrogens with one attached hydrogen (secondary N) is 1. The number of benzene rings is 1. The standard InChI is InChI=1S/C20H29N5/c1-5-24-10-12-25(13-11-24)19-14-16(4)21-20(23-19)22-18-9-7-6-8-17(18)15(2)3/h6-9,14-15H,5,10-13H2,1-4H3,(H,21,22,23). The maximum absolute atomic E-state index is 4.79. The molecule has 0 radical (unpaired) electrons. The molecule has 0 atom stereocenters. The van der Waals surface area contributed by atoms with E-state index in [1.54, 1.807) is 0 Å². The van der Waals surface area contributed by atoms with Crippen molar-refractivity contribution < 1.29 is 0 Å². The van der Waals surface area contributed by atoms with Crippen LogP contribution < -0.4 is 10.2 Å². The zero-order valence-corrected chi connectivity index (χ0v) is 15.8. The highest BCUT2D eigenvalue weighted by Crippen LogP contribution is 2.26. The lowest BCUT2D eigenvalue weighted by Gasteiger charge is -2.34. The minimum Gasteiger partial charge on any atom is -0.354 e. The SMILES string of the molecule is CCN1CCN(c2cc(C)nc(Nc3ccccc3C(C)C)n2)CC1. The van der Waals surface area contributed by atoms with Gasteiger partial charge < -0.3 is 15.1 Å². The molecule has 134 valence electrons. The Morgan fingerprint density at radius 1 is 1.08 bits per heavy atom. The largest absolute Gasteiger partial charge is 0.354 e. The van der Waals surface area contributed by atoms with Crippen LogP contribution in [0.5, 0.6) is 0 Å². The van der Waals surface area contributed by atoms with Gasteiger partial charge in [-0.1, -0.05) is 39.0 Å². The maximum atomic E-state index is 4.79. The molecule has 1 aliphatic rings. The third-order valence-electron chi connectivity index (χ3n) is 4.81. The predicted octanol–water partition coefficient (Wildman–Crippen LogP) is 3.79. The third-order valence-corrected chi connectivity index (χ3v) is 4.81. The molecule has 2 heterocycles. The molecule has 1 saturated heterocycles. The number of piperazine rings is 1. The summed E-state index contributed by atoms with van der Waals surface area (Å²) in [6.45, 7) is 14.0. The van der Waals surface area contributed by atoms with Gasteiger partial charge in [0.25, 0.3) is 0 Å². The lowest BCUT2D eigenvalue weighted by Crippen LogP contribution is -2.46. The fourth-order valence-corrected chi connectivity index (χ4v) is 3.30. The van der Waals surface area contributed by atoms with Gasteiger partial charge in [0.2, 0.25) is 5.95 Å². The molecule has 1 aromatic carbocycles. The van der Waals surface area contributed by atoms with Crippen molar-refractivity contribution >= 4 is 17.5 Å². The molecule has 0 spiro atoms. The second-order valence-corrected chi connectivity index (χ2v) is 6.98. The number of rotatable bonds is 5. The zero-order valence-electron chi connectivity index (χ0n) is 15.8. The topological polar surface area (TPSA) is 44.3 Å². The first-order chi connectivity index (χ1) is 12.1. The number of hydrogen-bond acceptors (Lipinski definition) is 5. The summed E-state index contributed by atoms with van der Waals surface area (Å²) >= 11 is 0. The smallest absolute Gasteiger partial charge is 0.229 e. The molecule has 0 aliphatic carbocycles. The fourth-order valence-electron chi connectivity index (χ4n) is 3.30. The summed E-state index contributed by atoms with van der Waals surface area (Å²) in [6.07, 6.45) is 0. The molecular formula is C20H29N5. The second kappa shape index (κ2) is 7.83. The van der Waals surface area contributed by atoms with Gasteiger partial charge in [-0.25, -0.2) is 4.98 Å².